The lowest BCUT2D eigenvalue weighted by molar-refractivity contribution is -0.143. The first-order valence-corrected chi connectivity index (χ1v) is 5.89. The van der Waals surface area contributed by atoms with Gasteiger partial charge in [0.05, 0.1) is 5.92 Å². The minimum atomic E-state index is -0.815. The molecule has 0 aromatic rings. The number of carbonyl (C=O) groups is 2. The highest BCUT2D eigenvalue weighted by molar-refractivity contribution is 5.83. The summed E-state index contributed by atoms with van der Waals surface area (Å²) in [7, 11) is 0. The first-order valence-electron chi connectivity index (χ1n) is 5.89. The Kier molecular flexibility index (Phi) is 11.2. The number of hydrogen-bond donors (Lipinski definition) is 1. The Morgan fingerprint density at radius 2 is 1.65 bits per heavy atom. The van der Waals surface area contributed by atoms with Crippen LogP contribution in [0.15, 0.2) is 0 Å². The maximum absolute atomic E-state index is 11.7. The summed E-state index contributed by atoms with van der Waals surface area (Å²) in [5, 5.41) is 8.93. The quantitative estimate of drug-likeness (QED) is 0.679. The van der Waals surface area contributed by atoms with Gasteiger partial charge in [0.25, 0.3) is 0 Å². The molecule has 0 fully saturated rings. The first kappa shape index (κ1) is 18.5. The summed E-state index contributed by atoms with van der Waals surface area (Å²) in [5.41, 5.74) is 0. The predicted octanol–water partition coefficient (Wildman–Crippen LogP) is 2.76. The van der Waals surface area contributed by atoms with Crippen molar-refractivity contribution in [3.05, 3.63) is 0 Å². The van der Waals surface area contributed by atoms with Gasteiger partial charge in [0.1, 0.15) is 6.61 Å². The molecule has 4 heteroatoms. The van der Waals surface area contributed by atoms with Crippen LogP contribution < -0.4 is 0 Å². The van der Waals surface area contributed by atoms with E-state index in [1.807, 2.05) is 20.8 Å². The molecule has 0 heterocycles. The summed E-state index contributed by atoms with van der Waals surface area (Å²) in [6.45, 7) is 6.19. The lowest BCUT2D eigenvalue weighted by Crippen LogP contribution is -2.25. The highest BCUT2D eigenvalue weighted by atomic mass is 16.5. The van der Waals surface area contributed by atoms with Crippen LogP contribution >= 0.6 is 0 Å². The van der Waals surface area contributed by atoms with Gasteiger partial charge in [-0.25, -0.2) is 0 Å². The number of ketones is 1. The fraction of sp³-hybridized carbons (Fsp3) is 0.846. The summed E-state index contributed by atoms with van der Waals surface area (Å²) < 4.78 is 5.06. The number of hydrogen-bond acceptors (Lipinski definition) is 3. The Morgan fingerprint density at radius 3 is 2.00 bits per heavy atom. The average molecular weight is 246 g/mol. The van der Waals surface area contributed by atoms with Gasteiger partial charge in [0.15, 0.2) is 5.78 Å². The van der Waals surface area contributed by atoms with E-state index in [-0.39, 0.29) is 25.7 Å². The Balaban J connectivity index is 0. The zero-order valence-corrected chi connectivity index (χ0v) is 10.4. The van der Waals surface area contributed by atoms with Crippen LogP contribution in [0, 0.1) is 11.8 Å². The molecule has 0 radical (unpaired) electrons. The second-order valence-electron chi connectivity index (χ2n) is 3.89. The Bertz CT molecular complexity index is 225. The molecule has 4 nitrogen and oxygen atoms in total. The molecule has 2 atom stereocenters. The maximum atomic E-state index is 11.7. The Labute approximate surface area is 104 Å². The van der Waals surface area contributed by atoms with E-state index in [4.69, 9.17) is 9.84 Å². The third-order valence-corrected chi connectivity index (χ3v) is 2.81. The van der Waals surface area contributed by atoms with Gasteiger partial charge < -0.3 is 9.84 Å². The van der Waals surface area contributed by atoms with Crippen molar-refractivity contribution in [1.29, 1.82) is 0 Å². The molecule has 0 aromatic carbocycles. The lowest BCUT2D eigenvalue weighted by atomic mass is 9.88. The van der Waals surface area contributed by atoms with Crippen molar-refractivity contribution in [3.63, 3.8) is 0 Å². The monoisotopic (exact) mass is 246 g/mol. The molecule has 0 saturated carbocycles. The molecule has 2 unspecified atom stereocenters. The molecule has 102 valence electrons. The molecule has 17 heavy (non-hydrogen) atoms. The van der Waals surface area contributed by atoms with Crippen LogP contribution in [0.2, 0.25) is 0 Å². The third kappa shape index (κ3) is 7.10. The maximum Gasteiger partial charge on any atom is 0.306 e. The van der Waals surface area contributed by atoms with Crippen LogP contribution in [-0.4, -0.2) is 30.1 Å². The largest absolute Gasteiger partial charge is 0.481 e. The molecule has 0 bridgehead atoms. The summed E-state index contributed by atoms with van der Waals surface area (Å²) in [6, 6.07) is 0. The topological polar surface area (TPSA) is 63.6 Å². The summed E-state index contributed by atoms with van der Waals surface area (Å²) in [6.07, 6.45) is 1.66. The van der Waals surface area contributed by atoms with Gasteiger partial charge in [-0.2, -0.15) is 0 Å². The number of carbonyl (C=O) groups excluding carboxylic acids is 1. The van der Waals surface area contributed by atoms with Crippen LogP contribution in [-0.2, 0) is 14.3 Å². The molecule has 0 aliphatic carbocycles. The van der Waals surface area contributed by atoms with Crippen molar-refractivity contribution in [1.82, 2.24) is 0 Å². The summed E-state index contributed by atoms with van der Waals surface area (Å²) in [4.78, 5) is 22.6. The molecule has 0 aliphatic heterocycles. The molecule has 0 amide bonds. The molecule has 0 spiro atoms. The molecular formula is C13H26O4. The number of Topliss-reactive ketones (excluding diaryl/α,β-unsaturated/α-hetero) is 1. The van der Waals surface area contributed by atoms with E-state index in [2.05, 4.69) is 0 Å². The number of aliphatic carboxylic acids is 1. The van der Waals surface area contributed by atoms with Crippen LogP contribution in [0.1, 0.15) is 47.5 Å². The number of carboxylic acid groups (broad SMARTS) is 1. The van der Waals surface area contributed by atoms with Crippen LogP contribution in [0.4, 0.5) is 0 Å². The second-order valence-corrected chi connectivity index (χ2v) is 3.89. The van der Waals surface area contributed by atoms with Crippen molar-refractivity contribution in [2.45, 2.75) is 47.5 Å². The average Bonchev–Trinajstić information content (AvgIpc) is 2.27. The third-order valence-electron chi connectivity index (χ3n) is 2.81. The Hall–Kier alpha value is -0.900. The van der Waals surface area contributed by atoms with Crippen molar-refractivity contribution in [3.8, 4) is 0 Å². The smallest absolute Gasteiger partial charge is 0.306 e. The minimum Gasteiger partial charge on any atom is -0.481 e. The normalized spacial score (nSPS) is 13.6. The van der Waals surface area contributed by atoms with E-state index in [0.717, 1.165) is 0 Å². The SMILES string of the molecule is C.CCOCC(=O)C(CC)CC(CC)C(=O)O. The first-order chi connectivity index (χ1) is 7.56. The molecule has 1 N–H and O–H groups in total. The van der Waals surface area contributed by atoms with Gasteiger partial charge in [0, 0.05) is 12.5 Å². The van der Waals surface area contributed by atoms with Crippen LogP contribution in [0.25, 0.3) is 0 Å². The van der Waals surface area contributed by atoms with Gasteiger partial charge in [-0.15, -0.1) is 0 Å². The lowest BCUT2D eigenvalue weighted by Gasteiger charge is -2.17. The highest BCUT2D eigenvalue weighted by Crippen LogP contribution is 2.20. The Morgan fingerprint density at radius 1 is 1.12 bits per heavy atom. The van der Waals surface area contributed by atoms with E-state index < -0.39 is 11.9 Å². The van der Waals surface area contributed by atoms with Gasteiger partial charge in [0.2, 0.25) is 0 Å². The van der Waals surface area contributed by atoms with Crippen molar-refractivity contribution in [2.75, 3.05) is 13.2 Å². The van der Waals surface area contributed by atoms with Crippen molar-refractivity contribution in [2.24, 2.45) is 11.8 Å². The van der Waals surface area contributed by atoms with Gasteiger partial charge >= 0.3 is 5.97 Å². The van der Waals surface area contributed by atoms with E-state index in [1.165, 1.54) is 0 Å². The van der Waals surface area contributed by atoms with Gasteiger partial charge in [-0.3, -0.25) is 9.59 Å². The van der Waals surface area contributed by atoms with Gasteiger partial charge in [-0.05, 0) is 26.2 Å². The van der Waals surface area contributed by atoms with Crippen molar-refractivity contribution >= 4 is 11.8 Å². The minimum absolute atomic E-state index is 0. The fourth-order valence-corrected chi connectivity index (χ4v) is 1.63. The summed E-state index contributed by atoms with van der Waals surface area (Å²) in [5.74, 6) is -1.41. The fourth-order valence-electron chi connectivity index (χ4n) is 1.63. The highest BCUT2D eigenvalue weighted by Gasteiger charge is 2.24. The van der Waals surface area contributed by atoms with E-state index in [1.54, 1.807) is 0 Å². The second kappa shape index (κ2) is 10.3. The van der Waals surface area contributed by atoms with Crippen LogP contribution in [0.5, 0.6) is 0 Å². The number of ether oxygens (including phenoxy) is 1. The van der Waals surface area contributed by atoms with E-state index in [9.17, 15) is 9.59 Å². The van der Waals surface area contributed by atoms with Crippen LogP contribution in [0.3, 0.4) is 0 Å². The molecular weight excluding hydrogens is 220 g/mol. The molecule has 0 aliphatic rings. The predicted molar refractivity (Wildman–Crippen MR) is 68.0 cm³/mol. The molecule has 0 rings (SSSR count). The molecule has 0 saturated heterocycles. The van der Waals surface area contributed by atoms with E-state index in [0.29, 0.717) is 25.9 Å². The summed E-state index contributed by atoms with van der Waals surface area (Å²) >= 11 is 0. The van der Waals surface area contributed by atoms with Gasteiger partial charge in [-0.1, -0.05) is 21.3 Å². The molecule has 0 aromatic heterocycles. The number of carboxylic acids is 1. The zero-order chi connectivity index (χ0) is 12.6. The van der Waals surface area contributed by atoms with Crippen molar-refractivity contribution < 1.29 is 19.4 Å². The number of rotatable bonds is 9. The van der Waals surface area contributed by atoms with E-state index >= 15 is 0 Å². The standard InChI is InChI=1S/C12H22O4.CH4/c1-4-9(11(13)8-16-6-3)7-10(5-2)12(14)15;/h9-10H,4-8H2,1-3H3,(H,14,15);1H4. The zero-order valence-electron chi connectivity index (χ0n) is 10.4.